The van der Waals surface area contributed by atoms with Crippen molar-refractivity contribution in [1.29, 1.82) is 0 Å². The van der Waals surface area contributed by atoms with Gasteiger partial charge in [-0.1, -0.05) is 0 Å². The molecule has 0 spiro atoms. The van der Waals surface area contributed by atoms with Gasteiger partial charge in [0.2, 0.25) is 0 Å². The van der Waals surface area contributed by atoms with Crippen LogP contribution in [0.4, 0.5) is 0 Å². The molecule has 0 amide bonds. The van der Waals surface area contributed by atoms with Gasteiger partial charge < -0.3 is 52.4 Å². The second kappa shape index (κ2) is 154. The van der Waals surface area contributed by atoms with Crippen LogP contribution < -0.4 is 0 Å². The zero-order chi connectivity index (χ0) is 0. The summed E-state index contributed by atoms with van der Waals surface area (Å²) in [6.07, 6.45) is 0. The van der Waals surface area contributed by atoms with Crippen LogP contribution in [-0.4, -0.2) is 184 Å². The fraction of sp³-hybridized carbons (Fsp3) is 0. The molecule has 0 heterocycles. The van der Waals surface area contributed by atoms with Crippen molar-refractivity contribution < 1.29 is 95.8 Å². The summed E-state index contributed by atoms with van der Waals surface area (Å²) in [5.74, 6) is 0. The molecule has 0 bridgehead atoms. The molecule has 0 radical (unpaired) electrons. The average Bonchev–Trinajstić information content (AvgIpc) is 0. The van der Waals surface area contributed by atoms with E-state index in [9.17, 15) is 0 Å². The maximum atomic E-state index is 0. The van der Waals surface area contributed by atoms with Gasteiger partial charge in [0.1, 0.15) is 0 Å². The molecule has 0 aliphatic carbocycles. The fourth-order valence-electron chi connectivity index (χ4n) is 0. The molecule has 0 aromatic heterocycles. The maximum absolute atomic E-state index is 0. The smallest absolute Gasteiger partial charge is 1.00 e. The molecule has 0 aliphatic rings. The molecular weight excluding hydrogens is 536 g/mol. The van der Waals surface area contributed by atoms with E-state index in [0.29, 0.717) is 0 Å². The molecule has 0 saturated carbocycles. The quantitative estimate of drug-likeness (QED) is 0.251. The van der Waals surface area contributed by atoms with Gasteiger partial charge >= 0.3 is 140 Å². The Balaban J connectivity index is 0. The SMILES string of the molecule is O.O.O.O.O.O.O.O.[Ba+2].[H-].[H-].[H-].[H-].[H-].[H-].[Sr+2].[Sr+2].[Ti].[Ti]. The van der Waals surface area contributed by atoms with Crippen molar-refractivity contribution in [2.75, 3.05) is 0 Å². The van der Waals surface area contributed by atoms with Crippen LogP contribution in [0.25, 0.3) is 0 Å². The molecule has 0 aliphatic heterocycles. The predicted octanol–water partition coefficient (Wildman–Crippen LogP) is -7.07. The van der Waals surface area contributed by atoms with E-state index in [1.807, 2.05) is 0 Å². The summed E-state index contributed by atoms with van der Waals surface area (Å²) in [5, 5.41) is 0. The monoisotopic (exact) mass is 560 g/mol. The first-order valence-electron chi connectivity index (χ1n) is 0. The molecule has 8 nitrogen and oxygen atoms in total. The Morgan fingerprint density at radius 2 is 0.385 bits per heavy atom. The van der Waals surface area contributed by atoms with Gasteiger partial charge in [0.05, 0.1) is 0 Å². The van der Waals surface area contributed by atoms with Gasteiger partial charge in [0.15, 0.2) is 0 Å². The third kappa shape index (κ3) is 136. The van der Waals surface area contributed by atoms with E-state index in [1.165, 1.54) is 0 Å². The Morgan fingerprint density at radius 1 is 0.385 bits per heavy atom. The first-order valence-corrected chi connectivity index (χ1v) is 0. The summed E-state index contributed by atoms with van der Waals surface area (Å²) >= 11 is 0. The zero-order valence-electron chi connectivity index (χ0n) is 13.1. The van der Waals surface area contributed by atoms with Crippen molar-refractivity contribution in [3.05, 3.63) is 0 Å². The Morgan fingerprint density at radius 3 is 0.385 bits per heavy atom. The molecule has 13 heteroatoms. The Kier molecular flexibility index (Phi) is 2150. The minimum atomic E-state index is 0. The van der Waals surface area contributed by atoms with Gasteiger partial charge in [0, 0.05) is 43.4 Å². The van der Waals surface area contributed by atoms with Crippen molar-refractivity contribution in [3.63, 3.8) is 0 Å². The van der Waals surface area contributed by atoms with Crippen LogP contribution in [0.1, 0.15) is 8.56 Å². The minimum absolute atomic E-state index is 0. The van der Waals surface area contributed by atoms with Crippen molar-refractivity contribution in [2.24, 2.45) is 0 Å². The molecule has 0 atom stereocenters. The van der Waals surface area contributed by atoms with E-state index in [4.69, 9.17) is 0 Å². The minimum Gasteiger partial charge on any atom is -1.00 e. The molecule has 0 fully saturated rings. The van der Waals surface area contributed by atoms with Crippen LogP contribution in [0.2, 0.25) is 0 Å². The molecular formula is H22BaO8Sr2Ti2. The van der Waals surface area contributed by atoms with Crippen molar-refractivity contribution in [2.45, 2.75) is 0 Å². The summed E-state index contributed by atoms with van der Waals surface area (Å²) in [6.45, 7) is 0. The average molecular weight is 558 g/mol. The summed E-state index contributed by atoms with van der Waals surface area (Å²) in [4.78, 5) is 0. The third-order valence-electron chi connectivity index (χ3n) is 0. The Labute approximate surface area is 229 Å². The van der Waals surface area contributed by atoms with Crippen LogP contribution in [0.3, 0.4) is 0 Å². The molecule has 0 aromatic rings. The summed E-state index contributed by atoms with van der Waals surface area (Å²) in [5.41, 5.74) is 0. The molecule has 0 saturated heterocycles. The largest absolute Gasteiger partial charge is 2.00 e. The third-order valence-corrected chi connectivity index (χ3v) is 0. The van der Waals surface area contributed by atoms with Crippen LogP contribution >= 0.6 is 0 Å². The summed E-state index contributed by atoms with van der Waals surface area (Å²) in [6, 6.07) is 0. The van der Waals surface area contributed by atoms with Gasteiger partial charge in [0.25, 0.3) is 0 Å². The van der Waals surface area contributed by atoms with E-state index in [-0.39, 0.29) is 236 Å². The van der Waals surface area contributed by atoms with Gasteiger partial charge in [-0.2, -0.15) is 0 Å². The number of hydrogen-bond donors (Lipinski definition) is 0. The van der Waals surface area contributed by atoms with E-state index in [1.54, 1.807) is 0 Å². The topological polar surface area (TPSA) is 252 Å². The summed E-state index contributed by atoms with van der Waals surface area (Å²) < 4.78 is 0. The molecule has 0 rings (SSSR count). The van der Waals surface area contributed by atoms with E-state index in [0.717, 1.165) is 0 Å². The molecule has 0 aromatic carbocycles. The van der Waals surface area contributed by atoms with Gasteiger partial charge in [-0.15, -0.1) is 0 Å². The standard InChI is InChI=1S/Ba.8H2O.2Sr.2Ti.6H/h;8*1H2;;;;;;;;;;/q+2;;;;;;;;;2*+2;;;6*-1. The van der Waals surface area contributed by atoms with Gasteiger partial charge in [-0.3, -0.25) is 0 Å². The number of hydrogen-bond acceptors (Lipinski definition) is 0. The second-order valence-electron chi connectivity index (χ2n) is 0. The maximum Gasteiger partial charge on any atom is 2.00 e. The van der Waals surface area contributed by atoms with Crippen LogP contribution in [0.5, 0.6) is 0 Å². The van der Waals surface area contributed by atoms with Crippen LogP contribution in [0, 0.1) is 0 Å². The van der Waals surface area contributed by atoms with Crippen molar-refractivity contribution in [1.82, 2.24) is 0 Å². The fourth-order valence-corrected chi connectivity index (χ4v) is 0. The van der Waals surface area contributed by atoms with Crippen molar-refractivity contribution in [3.8, 4) is 0 Å². The van der Waals surface area contributed by atoms with Crippen LogP contribution in [-0.2, 0) is 43.4 Å². The first kappa shape index (κ1) is 182. The van der Waals surface area contributed by atoms with E-state index >= 15 is 0 Å². The molecule has 13 heavy (non-hydrogen) atoms. The predicted molar refractivity (Wildman–Crippen MR) is 52.8 cm³/mol. The molecule has 0 unspecified atom stereocenters. The van der Waals surface area contributed by atoms with E-state index < -0.39 is 0 Å². The van der Waals surface area contributed by atoms with Gasteiger partial charge in [-0.25, -0.2) is 0 Å². The van der Waals surface area contributed by atoms with Crippen molar-refractivity contribution >= 4 is 140 Å². The van der Waals surface area contributed by atoms with E-state index in [2.05, 4.69) is 0 Å². The zero-order valence-corrected chi connectivity index (χ0v) is 21.6. The second-order valence-corrected chi connectivity index (χ2v) is 0. The van der Waals surface area contributed by atoms with Crippen LogP contribution in [0.15, 0.2) is 0 Å². The van der Waals surface area contributed by atoms with Gasteiger partial charge in [-0.05, 0) is 0 Å². The number of rotatable bonds is 0. The Hall–Kier alpha value is 5.64. The Bertz CT molecular complexity index is 37.2. The molecule has 16 N–H and O–H groups in total. The summed E-state index contributed by atoms with van der Waals surface area (Å²) in [7, 11) is 0. The molecule has 84 valence electrons. The normalized spacial score (nSPS) is 0. The first-order chi connectivity index (χ1) is 0.